The van der Waals surface area contributed by atoms with Crippen molar-refractivity contribution in [1.82, 2.24) is 10.3 Å². The number of hydrogen-bond acceptors (Lipinski definition) is 7. The summed E-state index contributed by atoms with van der Waals surface area (Å²) in [4.78, 5) is 21.2. The number of aromatic nitrogens is 1. The number of hydrogen-bond donors (Lipinski definition) is 2. The minimum absolute atomic E-state index is 0.0333. The highest BCUT2D eigenvalue weighted by Gasteiger charge is 2.37. The van der Waals surface area contributed by atoms with Gasteiger partial charge >= 0.3 is 0 Å². The SMILES string of the molecule is CC1(C)CC(=O)c2sc(N3CCOCC3)c(-c3ccnc(-c4cccc(NC5CNC5)c4)c3)c2C1. The van der Waals surface area contributed by atoms with Gasteiger partial charge in [-0.3, -0.25) is 9.78 Å². The van der Waals surface area contributed by atoms with E-state index in [1.807, 2.05) is 6.20 Å². The Morgan fingerprint density at radius 1 is 1.11 bits per heavy atom. The molecule has 0 saturated carbocycles. The number of morpholine rings is 1. The Morgan fingerprint density at radius 3 is 2.71 bits per heavy atom. The molecule has 1 aromatic carbocycles. The van der Waals surface area contributed by atoms with Crippen LogP contribution in [0.15, 0.2) is 42.6 Å². The molecular formula is C28H32N4O2S. The third-order valence-corrected chi connectivity index (χ3v) is 8.53. The van der Waals surface area contributed by atoms with E-state index in [0.717, 1.165) is 73.2 Å². The molecule has 2 N–H and O–H groups in total. The summed E-state index contributed by atoms with van der Waals surface area (Å²) in [5, 5.41) is 8.10. The van der Waals surface area contributed by atoms with E-state index in [2.05, 4.69) is 65.8 Å². The van der Waals surface area contributed by atoms with Crippen LogP contribution in [-0.4, -0.2) is 56.2 Å². The van der Waals surface area contributed by atoms with E-state index in [9.17, 15) is 4.79 Å². The van der Waals surface area contributed by atoms with Crippen LogP contribution >= 0.6 is 11.3 Å². The largest absolute Gasteiger partial charge is 0.380 e. The molecule has 0 atom stereocenters. The molecule has 1 aliphatic carbocycles. The fraction of sp³-hybridized carbons (Fsp3) is 0.429. The molecule has 3 aliphatic rings. The number of fused-ring (bicyclic) bond motifs is 1. The van der Waals surface area contributed by atoms with Gasteiger partial charge in [-0.2, -0.15) is 0 Å². The molecule has 0 bridgehead atoms. The van der Waals surface area contributed by atoms with Crippen molar-refractivity contribution >= 4 is 27.8 Å². The van der Waals surface area contributed by atoms with Gasteiger partial charge in [0.1, 0.15) is 0 Å². The number of Topliss-reactive ketones (excluding diaryl/α,β-unsaturated/α-hetero) is 1. The Kier molecular flexibility index (Phi) is 5.87. The van der Waals surface area contributed by atoms with E-state index >= 15 is 0 Å². The molecule has 2 saturated heterocycles. The monoisotopic (exact) mass is 488 g/mol. The van der Waals surface area contributed by atoms with Crippen molar-refractivity contribution in [3.05, 3.63) is 53.0 Å². The van der Waals surface area contributed by atoms with Crippen LogP contribution < -0.4 is 15.5 Å². The number of ether oxygens (including phenoxy) is 1. The molecule has 3 aromatic rings. The molecule has 6 rings (SSSR count). The molecule has 0 unspecified atom stereocenters. The zero-order chi connectivity index (χ0) is 24.0. The Balaban J connectivity index is 1.42. The molecule has 2 aliphatic heterocycles. The molecule has 4 heterocycles. The highest BCUT2D eigenvalue weighted by Crippen LogP contribution is 2.49. The molecule has 2 aromatic heterocycles. The Hall–Kier alpha value is -2.74. The molecule has 0 amide bonds. The first-order valence-electron chi connectivity index (χ1n) is 12.5. The lowest BCUT2D eigenvalue weighted by Gasteiger charge is -2.30. The van der Waals surface area contributed by atoms with Crippen molar-refractivity contribution in [2.75, 3.05) is 49.6 Å². The average Bonchev–Trinajstić information content (AvgIpc) is 3.21. The van der Waals surface area contributed by atoms with E-state index in [1.54, 1.807) is 11.3 Å². The summed E-state index contributed by atoms with van der Waals surface area (Å²) >= 11 is 1.68. The fourth-order valence-corrected chi connectivity index (χ4v) is 6.66. The van der Waals surface area contributed by atoms with Crippen molar-refractivity contribution in [1.29, 1.82) is 0 Å². The van der Waals surface area contributed by atoms with Gasteiger partial charge in [-0.05, 0) is 47.2 Å². The van der Waals surface area contributed by atoms with Crippen LogP contribution in [-0.2, 0) is 11.2 Å². The quantitative estimate of drug-likeness (QED) is 0.535. The number of rotatable bonds is 5. The first-order chi connectivity index (χ1) is 17.0. The first kappa shape index (κ1) is 22.7. The maximum absolute atomic E-state index is 13.2. The standard InChI is InChI=1S/C28H32N4O2S/c1-28(2)14-22-25(27(32-8-10-34-11-9-32)35-26(22)24(33)15-28)19-6-7-30-23(13-19)18-4-3-5-20(12-18)31-21-16-29-17-21/h3-7,12-13,21,29,31H,8-11,14-17H2,1-2H3. The van der Waals surface area contributed by atoms with Crippen LogP contribution in [0.2, 0.25) is 0 Å². The summed E-state index contributed by atoms with van der Waals surface area (Å²) in [5.41, 5.74) is 6.70. The number of carbonyl (C=O) groups excluding carboxylic acids is 1. The number of nitrogens with one attached hydrogen (secondary N) is 2. The van der Waals surface area contributed by atoms with Gasteiger partial charge < -0.3 is 20.3 Å². The molecule has 0 spiro atoms. The topological polar surface area (TPSA) is 66.5 Å². The zero-order valence-electron chi connectivity index (χ0n) is 20.4. The summed E-state index contributed by atoms with van der Waals surface area (Å²) in [6.45, 7) is 9.56. The average molecular weight is 489 g/mol. The third kappa shape index (κ3) is 4.48. The van der Waals surface area contributed by atoms with Crippen molar-refractivity contribution in [2.45, 2.75) is 32.7 Å². The molecule has 0 radical (unpaired) electrons. The van der Waals surface area contributed by atoms with Gasteiger partial charge in [0, 0.05) is 55.6 Å². The normalized spacial score (nSPS) is 19.8. The molecule has 2 fully saturated rings. The van der Waals surface area contributed by atoms with Gasteiger partial charge in [-0.15, -0.1) is 11.3 Å². The summed E-state index contributed by atoms with van der Waals surface area (Å²) < 4.78 is 5.63. The minimum Gasteiger partial charge on any atom is -0.380 e. The maximum atomic E-state index is 13.2. The Morgan fingerprint density at radius 2 is 1.94 bits per heavy atom. The van der Waals surface area contributed by atoms with Gasteiger partial charge in [0.25, 0.3) is 0 Å². The number of carbonyl (C=O) groups is 1. The molecular weight excluding hydrogens is 456 g/mol. The van der Waals surface area contributed by atoms with Crippen molar-refractivity contribution in [2.24, 2.45) is 5.41 Å². The van der Waals surface area contributed by atoms with Crippen molar-refractivity contribution in [3.8, 4) is 22.4 Å². The van der Waals surface area contributed by atoms with Crippen LogP contribution in [0, 0.1) is 5.41 Å². The van der Waals surface area contributed by atoms with Gasteiger partial charge in [-0.1, -0.05) is 26.0 Å². The van der Waals surface area contributed by atoms with E-state index in [-0.39, 0.29) is 11.2 Å². The Bertz CT molecular complexity index is 1260. The number of pyridine rings is 1. The van der Waals surface area contributed by atoms with Crippen LogP contribution in [0.1, 0.15) is 35.5 Å². The van der Waals surface area contributed by atoms with E-state index in [0.29, 0.717) is 12.5 Å². The summed E-state index contributed by atoms with van der Waals surface area (Å²) in [6, 6.07) is 13.3. The predicted molar refractivity (Wildman–Crippen MR) is 143 cm³/mol. The van der Waals surface area contributed by atoms with Gasteiger partial charge in [-0.25, -0.2) is 0 Å². The predicted octanol–water partition coefficient (Wildman–Crippen LogP) is 4.85. The smallest absolute Gasteiger partial charge is 0.173 e. The van der Waals surface area contributed by atoms with Crippen LogP contribution in [0.25, 0.3) is 22.4 Å². The lowest BCUT2D eigenvalue weighted by Crippen LogP contribution is -2.51. The van der Waals surface area contributed by atoms with Gasteiger partial charge in [0.15, 0.2) is 5.78 Å². The lowest BCUT2D eigenvalue weighted by molar-refractivity contribution is 0.0918. The molecule has 6 nitrogen and oxygen atoms in total. The third-order valence-electron chi connectivity index (χ3n) is 7.19. The second-order valence-corrected chi connectivity index (χ2v) is 11.6. The van der Waals surface area contributed by atoms with Crippen LogP contribution in [0.4, 0.5) is 10.7 Å². The second kappa shape index (κ2) is 9.04. The van der Waals surface area contributed by atoms with Crippen LogP contribution in [0.5, 0.6) is 0 Å². The van der Waals surface area contributed by atoms with Crippen molar-refractivity contribution < 1.29 is 9.53 Å². The number of benzene rings is 1. The summed E-state index contributed by atoms with van der Waals surface area (Å²) in [7, 11) is 0. The Labute approximate surface area is 210 Å². The molecule has 182 valence electrons. The summed E-state index contributed by atoms with van der Waals surface area (Å²) in [5.74, 6) is 0.278. The van der Waals surface area contributed by atoms with E-state index in [4.69, 9.17) is 9.72 Å². The zero-order valence-corrected chi connectivity index (χ0v) is 21.2. The van der Waals surface area contributed by atoms with Gasteiger partial charge in [0.05, 0.1) is 34.8 Å². The highest BCUT2D eigenvalue weighted by atomic mass is 32.1. The number of anilines is 2. The fourth-order valence-electron chi connectivity index (χ4n) is 5.33. The van der Waals surface area contributed by atoms with E-state index in [1.165, 1.54) is 16.1 Å². The van der Waals surface area contributed by atoms with Gasteiger partial charge in [0.2, 0.25) is 0 Å². The number of ketones is 1. The van der Waals surface area contributed by atoms with Crippen molar-refractivity contribution in [3.63, 3.8) is 0 Å². The molecule has 7 heteroatoms. The number of thiophene rings is 1. The van der Waals surface area contributed by atoms with Crippen LogP contribution in [0.3, 0.4) is 0 Å². The highest BCUT2D eigenvalue weighted by molar-refractivity contribution is 7.19. The number of nitrogens with zero attached hydrogens (tertiary/aromatic N) is 2. The molecule has 35 heavy (non-hydrogen) atoms. The first-order valence-corrected chi connectivity index (χ1v) is 13.3. The second-order valence-electron chi connectivity index (χ2n) is 10.6. The summed E-state index contributed by atoms with van der Waals surface area (Å²) in [6.07, 6.45) is 3.43. The van der Waals surface area contributed by atoms with E-state index < -0.39 is 0 Å². The lowest BCUT2D eigenvalue weighted by atomic mass is 9.75. The maximum Gasteiger partial charge on any atom is 0.173 e. The minimum atomic E-state index is -0.0333.